The molecular formula is C18H16BrClN2O2. The number of rotatable bonds is 3. The number of hydrogen-bond donors (Lipinski definition) is 1. The topological polar surface area (TPSA) is 49.4 Å². The maximum atomic E-state index is 12.4. The predicted molar refractivity (Wildman–Crippen MR) is 99.4 cm³/mol. The van der Waals surface area contributed by atoms with E-state index in [0.717, 1.165) is 15.7 Å². The molecule has 2 aromatic carbocycles. The van der Waals surface area contributed by atoms with Crippen molar-refractivity contribution in [2.24, 2.45) is 5.92 Å². The van der Waals surface area contributed by atoms with Gasteiger partial charge in [-0.15, -0.1) is 0 Å². The van der Waals surface area contributed by atoms with Crippen LogP contribution in [-0.2, 0) is 9.59 Å². The van der Waals surface area contributed by atoms with Crippen molar-refractivity contribution in [1.82, 2.24) is 0 Å². The highest BCUT2D eigenvalue weighted by molar-refractivity contribution is 9.10. The molecule has 0 saturated carbocycles. The van der Waals surface area contributed by atoms with Crippen molar-refractivity contribution in [2.75, 3.05) is 16.8 Å². The fourth-order valence-electron chi connectivity index (χ4n) is 2.66. The molecule has 2 aromatic rings. The van der Waals surface area contributed by atoms with Crippen molar-refractivity contribution >= 4 is 50.7 Å². The Hall–Kier alpha value is -1.85. The largest absolute Gasteiger partial charge is 0.326 e. The molecule has 1 aliphatic rings. The van der Waals surface area contributed by atoms with Gasteiger partial charge in [-0.1, -0.05) is 33.6 Å². The maximum Gasteiger partial charge on any atom is 0.229 e. The van der Waals surface area contributed by atoms with E-state index in [-0.39, 0.29) is 24.2 Å². The van der Waals surface area contributed by atoms with Gasteiger partial charge in [-0.25, -0.2) is 0 Å². The Labute approximate surface area is 153 Å². The Bertz CT molecular complexity index is 792. The van der Waals surface area contributed by atoms with E-state index in [1.807, 2.05) is 43.3 Å². The number of nitrogens with one attached hydrogen (secondary N) is 1. The standard InChI is InChI=1S/C18H16BrClN2O2/c1-11-2-7-15(9-16(11)20)22-10-12(8-17(22)23)18(24)21-14-5-3-13(19)4-6-14/h2-7,9,12H,8,10H2,1H3,(H,21,24). The molecule has 0 radical (unpaired) electrons. The Morgan fingerprint density at radius 2 is 1.96 bits per heavy atom. The van der Waals surface area contributed by atoms with Crippen LogP contribution in [0.15, 0.2) is 46.9 Å². The van der Waals surface area contributed by atoms with Crippen molar-refractivity contribution < 1.29 is 9.59 Å². The third-order valence-corrected chi connectivity index (χ3v) is 5.01. The third kappa shape index (κ3) is 3.62. The highest BCUT2D eigenvalue weighted by Crippen LogP contribution is 2.29. The van der Waals surface area contributed by atoms with E-state index in [0.29, 0.717) is 17.3 Å². The van der Waals surface area contributed by atoms with Gasteiger partial charge in [-0.2, -0.15) is 0 Å². The molecule has 0 bridgehead atoms. The van der Waals surface area contributed by atoms with Crippen LogP contribution in [-0.4, -0.2) is 18.4 Å². The Balaban J connectivity index is 1.70. The number of carbonyl (C=O) groups excluding carboxylic acids is 2. The van der Waals surface area contributed by atoms with Crippen molar-refractivity contribution in [3.05, 3.63) is 57.5 Å². The molecule has 1 N–H and O–H groups in total. The lowest BCUT2D eigenvalue weighted by Crippen LogP contribution is -2.28. The normalized spacial score (nSPS) is 17.2. The number of halogens is 2. The summed E-state index contributed by atoms with van der Waals surface area (Å²) in [7, 11) is 0. The summed E-state index contributed by atoms with van der Waals surface area (Å²) in [6.45, 7) is 2.27. The fraction of sp³-hybridized carbons (Fsp3) is 0.222. The van der Waals surface area contributed by atoms with Crippen LogP contribution >= 0.6 is 27.5 Å². The van der Waals surface area contributed by atoms with Crippen LogP contribution in [0, 0.1) is 12.8 Å². The highest BCUT2D eigenvalue weighted by atomic mass is 79.9. The maximum absolute atomic E-state index is 12.4. The number of benzene rings is 2. The first-order valence-electron chi connectivity index (χ1n) is 7.57. The lowest BCUT2D eigenvalue weighted by molar-refractivity contribution is -0.122. The molecule has 124 valence electrons. The van der Waals surface area contributed by atoms with E-state index in [1.54, 1.807) is 11.0 Å². The van der Waals surface area contributed by atoms with Gasteiger partial charge in [0.2, 0.25) is 11.8 Å². The molecule has 4 nitrogen and oxygen atoms in total. The molecule has 1 heterocycles. The zero-order valence-electron chi connectivity index (χ0n) is 13.1. The van der Waals surface area contributed by atoms with Crippen LogP contribution in [0.5, 0.6) is 0 Å². The molecule has 1 saturated heterocycles. The molecule has 1 fully saturated rings. The molecule has 2 amide bonds. The molecule has 24 heavy (non-hydrogen) atoms. The first-order valence-corrected chi connectivity index (χ1v) is 8.74. The first-order chi connectivity index (χ1) is 11.4. The molecule has 1 unspecified atom stereocenters. The van der Waals surface area contributed by atoms with E-state index in [9.17, 15) is 9.59 Å². The number of nitrogens with zero attached hydrogens (tertiary/aromatic N) is 1. The van der Waals surface area contributed by atoms with Crippen molar-refractivity contribution in [1.29, 1.82) is 0 Å². The van der Waals surface area contributed by atoms with Gasteiger partial charge in [0.25, 0.3) is 0 Å². The summed E-state index contributed by atoms with van der Waals surface area (Å²) >= 11 is 9.49. The predicted octanol–water partition coefficient (Wildman–Crippen LogP) is 4.40. The number of carbonyl (C=O) groups is 2. The Morgan fingerprint density at radius 3 is 2.62 bits per heavy atom. The zero-order valence-corrected chi connectivity index (χ0v) is 15.4. The smallest absolute Gasteiger partial charge is 0.229 e. The summed E-state index contributed by atoms with van der Waals surface area (Å²) in [6, 6.07) is 12.8. The van der Waals surface area contributed by atoms with Crippen LogP contribution in [0.3, 0.4) is 0 Å². The summed E-state index contributed by atoms with van der Waals surface area (Å²) in [5.41, 5.74) is 2.40. The van der Waals surface area contributed by atoms with Gasteiger partial charge >= 0.3 is 0 Å². The van der Waals surface area contributed by atoms with E-state index < -0.39 is 0 Å². The minimum absolute atomic E-state index is 0.0640. The van der Waals surface area contributed by atoms with E-state index in [1.165, 1.54) is 0 Å². The van der Waals surface area contributed by atoms with Crippen LogP contribution in [0.1, 0.15) is 12.0 Å². The summed E-state index contributed by atoms with van der Waals surface area (Å²) in [5.74, 6) is -0.585. The van der Waals surface area contributed by atoms with Gasteiger partial charge in [0.05, 0.1) is 5.92 Å². The summed E-state index contributed by atoms with van der Waals surface area (Å²) < 4.78 is 0.943. The van der Waals surface area contributed by atoms with Crippen molar-refractivity contribution in [2.45, 2.75) is 13.3 Å². The fourth-order valence-corrected chi connectivity index (χ4v) is 3.10. The summed E-state index contributed by atoms with van der Waals surface area (Å²) in [6.07, 6.45) is 0.202. The SMILES string of the molecule is Cc1ccc(N2CC(C(=O)Nc3ccc(Br)cc3)CC2=O)cc1Cl. The minimum Gasteiger partial charge on any atom is -0.326 e. The molecule has 3 rings (SSSR count). The second-order valence-corrected chi connectivity index (χ2v) is 7.16. The molecular weight excluding hydrogens is 392 g/mol. The van der Waals surface area contributed by atoms with Gasteiger partial charge < -0.3 is 10.2 Å². The van der Waals surface area contributed by atoms with Gasteiger partial charge in [0, 0.05) is 33.8 Å². The lowest BCUT2D eigenvalue weighted by atomic mass is 10.1. The average Bonchev–Trinajstić information content (AvgIpc) is 2.94. The molecule has 6 heteroatoms. The van der Waals surface area contributed by atoms with Gasteiger partial charge in [0.1, 0.15) is 0 Å². The van der Waals surface area contributed by atoms with Gasteiger partial charge in [-0.05, 0) is 48.9 Å². The minimum atomic E-state index is -0.374. The lowest BCUT2D eigenvalue weighted by Gasteiger charge is -2.17. The number of amides is 2. The second-order valence-electron chi connectivity index (χ2n) is 5.84. The van der Waals surface area contributed by atoms with Crippen LogP contribution in [0.25, 0.3) is 0 Å². The van der Waals surface area contributed by atoms with Gasteiger partial charge in [-0.3, -0.25) is 9.59 Å². The average molecular weight is 408 g/mol. The van der Waals surface area contributed by atoms with Crippen molar-refractivity contribution in [3.8, 4) is 0 Å². The van der Waals surface area contributed by atoms with E-state index in [2.05, 4.69) is 21.2 Å². The Kier molecular flexibility index (Phi) is 4.92. The van der Waals surface area contributed by atoms with E-state index >= 15 is 0 Å². The van der Waals surface area contributed by atoms with E-state index in [4.69, 9.17) is 11.6 Å². The molecule has 0 spiro atoms. The van der Waals surface area contributed by atoms with Crippen LogP contribution < -0.4 is 10.2 Å². The summed E-state index contributed by atoms with van der Waals surface area (Å²) in [5, 5.41) is 3.47. The highest BCUT2D eigenvalue weighted by Gasteiger charge is 2.35. The molecule has 1 atom stereocenters. The zero-order chi connectivity index (χ0) is 17.3. The monoisotopic (exact) mass is 406 g/mol. The second kappa shape index (κ2) is 6.95. The molecule has 0 aromatic heterocycles. The van der Waals surface area contributed by atoms with Crippen molar-refractivity contribution in [3.63, 3.8) is 0 Å². The van der Waals surface area contributed by atoms with Crippen LogP contribution in [0.2, 0.25) is 5.02 Å². The quantitative estimate of drug-likeness (QED) is 0.819. The third-order valence-electron chi connectivity index (χ3n) is 4.07. The molecule has 0 aliphatic carbocycles. The number of anilines is 2. The first kappa shape index (κ1) is 17.0. The Morgan fingerprint density at radius 1 is 1.25 bits per heavy atom. The molecule has 1 aliphatic heterocycles. The van der Waals surface area contributed by atoms with Gasteiger partial charge in [0.15, 0.2) is 0 Å². The number of hydrogen-bond acceptors (Lipinski definition) is 2. The number of aryl methyl sites for hydroxylation is 1. The summed E-state index contributed by atoms with van der Waals surface area (Å²) in [4.78, 5) is 26.3. The van der Waals surface area contributed by atoms with Crippen LogP contribution in [0.4, 0.5) is 11.4 Å².